The molecule has 2 fully saturated rings. The Morgan fingerprint density at radius 2 is 1.68 bits per heavy atom. The second-order valence-corrected chi connectivity index (χ2v) is 11.6. The molecule has 0 atom stereocenters. The zero-order valence-electron chi connectivity index (χ0n) is 17.1. The minimum Gasteiger partial charge on any atom is -0.335 e. The van der Waals surface area contributed by atoms with Crippen molar-refractivity contribution < 1.29 is 13.2 Å². The molecule has 2 aromatic rings. The number of piperazine rings is 1. The number of sulfonamides is 1. The molecule has 2 aliphatic rings. The van der Waals surface area contributed by atoms with Crippen molar-refractivity contribution in [1.82, 2.24) is 14.1 Å². The summed E-state index contributed by atoms with van der Waals surface area (Å²) in [7, 11) is -3.64. The fourth-order valence-electron chi connectivity index (χ4n) is 3.78. The maximum atomic E-state index is 13.1. The number of carbonyl (C=O) groups is 1. The van der Waals surface area contributed by atoms with Gasteiger partial charge >= 0.3 is 0 Å². The third kappa shape index (κ3) is 4.96. The summed E-state index contributed by atoms with van der Waals surface area (Å²) in [5, 5.41) is 10.6. The predicted molar refractivity (Wildman–Crippen MR) is 123 cm³/mol. The number of hydrogen-bond donors (Lipinski definition) is 0. The number of hydrogen-bond acceptors (Lipinski definition) is 7. The first-order chi connectivity index (χ1) is 15.0. The van der Waals surface area contributed by atoms with Crippen molar-refractivity contribution in [3.63, 3.8) is 0 Å². The quantitative estimate of drug-likeness (QED) is 0.659. The van der Waals surface area contributed by atoms with Gasteiger partial charge in [-0.3, -0.25) is 9.69 Å². The highest BCUT2D eigenvalue weighted by Crippen LogP contribution is 2.28. The van der Waals surface area contributed by atoms with Crippen LogP contribution >= 0.6 is 23.1 Å². The molecule has 0 radical (unpaired) electrons. The third-order valence-corrected chi connectivity index (χ3v) is 9.48. The lowest BCUT2D eigenvalue weighted by Crippen LogP contribution is -2.48. The monoisotopic (exact) mass is 476 g/mol. The summed E-state index contributed by atoms with van der Waals surface area (Å²) in [6.45, 7) is 4.32. The highest BCUT2D eigenvalue weighted by Gasteiger charge is 2.33. The molecule has 7 nitrogen and oxygen atoms in total. The van der Waals surface area contributed by atoms with Gasteiger partial charge in [-0.2, -0.15) is 21.3 Å². The first-order valence-electron chi connectivity index (χ1n) is 10.1. The van der Waals surface area contributed by atoms with Crippen molar-refractivity contribution >= 4 is 39.0 Å². The molecule has 2 saturated heterocycles. The number of thioether (sulfide) groups is 1. The van der Waals surface area contributed by atoms with E-state index in [1.54, 1.807) is 28.1 Å². The van der Waals surface area contributed by atoms with E-state index in [-0.39, 0.29) is 10.8 Å². The molecule has 0 spiro atoms. The summed E-state index contributed by atoms with van der Waals surface area (Å²) in [6.07, 6.45) is 0. The van der Waals surface area contributed by atoms with Crippen LogP contribution in [0, 0.1) is 11.3 Å². The second kappa shape index (κ2) is 9.71. The number of carbonyl (C=O) groups excluding carboxylic acids is 1. The first-order valence-corrected chi connectivity index (χ1v) is 13.6. The van der Waals surface area contributed by atoms with Crippen LogP contribution in [0.3, 0.4) is 0 Å². The SMILES string of the molecule is N#Cc1ccc(CN2CCN(C(=O)c3sccc3S(=O)(=O)N3CCSCC3)CC2)cc1. The number of benzene rings is 1. The van der Waals surface area contributed by atoms with Gasteiger partial charge in [-0.25, -0.2) is 8.42 Å². The van der Waals surface area contributed by atoms with Crippen LogP contribution in [0.5, 0.6) is 0 Å². The summed E-state index contributed by atoms with van der Waals surface area (Å²) < 4.78 is 27.7. The smallest absolute Gasteiger partial charge is 0.265 e. The van der Waals surface area contributed by atoms with E-state index < -0.39 is 10.0 Å². The fraction of sp³-hybridized carbons (Fsp3) is 0.429. The first kappa shape index (κ1) is 22.3. The van der Waals surface area contributed by atoms with Crippen LogP contribution in [0.15, 0.2) is 40.6 Å². The lowest BCUT2D eigenvalue weighted by Gasteiger charge is -2.35. The van der Waals surface area contributed by atoms with Gasteiger partial charge in [0.25, 0.3) is 5.91 Å². The van der Waals surface area contributed by atoms with E-state index in [2.05, 4.69) is 11.0 Å². The molecule has 0 unspecified atom stereocenters. The molecule has 0 N–H and O–H groups in total. The molecule has 10 heteroatoms. The second-order valence-electron chi connectivity index (χ2n) is 7.51. The molecule has 1 aromatic carbocycles. The Balaban J connectivity index is 1.39. The van der Waals surface area contributed by atoms with Crippen LogP contribution in [0.25, 0.3) is 0 Å². The van der Waals surface area contributed by atoms with Gasteiger partial charge in [-0.1, -0.05) is 12.1 Å². The molecule has 3 heterocycles. The van der Waals surface area contributed by atoms with Gasteiger partial charge in [-0.05, 0) is 29.1 Å². The molecule has 4 rings (SSSR count). The van der Waals surface area contributed by atoms with Crippen LogP contribution in [-0.2, 0) is 16.6 Å². The predicted octanol–water partition coefficient (Wildman–Crippen LogP) is 2.32. The Bertz CT molecular complexity index is 1060. The van der Waals surface area contributed by atoms with Gasteiger partial charge in [0.1, 0.15) is 9.77 Å². The maximum Gasteiger partial charge on any atom is 0.265 e. The van der Waals surface area contributed by atoms with Crippen molar-refractivity contribution in [3.8, 4) is 6.07 Å². The summed E-state index contributed by atoms with van der Waals surface area (Å²) in [5.74, 6) is 1.37. The Kier molecular flexibility index (Phi) is 6.99. The number of rotatable bonds is 5. The highest BCUT2D eigenvalue weighted by molar-refractivity contribution is 7.99. The average molecular weight is 477 g/mol. The minimum atomic E-state index is -3.64. The Hall–Kier alpha value is -1.90. The van der Waals surface area contributed by atoms with Crippen LogP contribution in [-0.4, -0.2) is 79.2 Å². The van der Waals surface area contributed by atoms with Crippen LogP contribution < -0.4 is 0 Å². The van der Waals surface area contributed by atoms with E-state index in [1.165, 1.54) is 15.6 Å². The maximum absolute atomic E-state index is 13.1. The number of nitriles is 1. The molecule has 1 amide bonds. The largest absolute Gasteiger partial charge is 0.335 e. The number of amides is 1. The molecular formula is C21H24N4O3S3. The summed E-state index contributed by atoms with van der Waals surface area (Å²) in [6, 6.07) is 11.2. The standard InChI is InChI=1S/C21H24N4O3S3/c22-15-17-1-3-18(4-2-17)16-23-6-8-24(9-7-23)21(26)20-19(5-12-30-20)31(27,28)25-10-13-29-14-11-25/h1-5,12H,6-11,13-14,16H2. The molecule has 31 heavy (non-hydrogen) atoms. The minimum absolute atomic E-state index is 0.148. The van der Waals surface area contributed by atoms with Gasteiger partial charge in [-0.15, -0.1) is 11.3 Å². The average Bonchev–Trinajstić information content (AvgIpc) is 3.31. The molecule has 164 valence electrons. The Labute approximate surface area is 191 Å². The summed E-state index contributed by atoms with van der Waals surface area (Å²) in [5.41, 5.74) is 1.77. The van der Waals surface area contributed by atoms with E-state index in [0.717, 1.165) is 36.7 Å². The lowest BCUT2D eigenvalue weighted by atomic mass is 10.1. The summed E-state index contributed by atoms with van der Waals surface area (Å²) >= 11 is 2.96. The molecule has 2 aliphatic heterocycles. The van der Waals surface area contributed by atoms with Gasteiger partial charge in [0, 0.05) is 57.3 Å². The van der Waals surface area contributed by atoms with E-state index in [0.29, 0.717) is 36.6 Å². The van der Waals surface area contributed by atoms with Crippen molar-refractivity contribution in [2.45, 2.75) is 11.4 Å². The van der Waals surface area contributed by atoms with Gasteiger partial charge in [0.05, 0.1) is 11.6 Å². The lowest BCUT2D eigenvalue weighted by molar-refractivity contribution is 0.0629. The van der Waals surface area contributed by atoms with Crippen LogP contribution in [0.1, 0.15) is 20.8 Å². The van der Waals surface area contributed by atoms with Gasteiger partial charge in [0.2, 0.25) is 10.0 Å². The zero-order valence-corrected chi connectivity index (χ0v) is 19.5. The number of nitrogens with zero attached hydrogens (tertiary/aromatic N) is 4. The normalized spacial score (nSPS) is 18.6. The number of thiophene rings is 1. The molecule has 0 saturated carbocycles. The molecule has 0 bridgehead atoms. The van der Waals surface area contributed by atoms with Gasteiger partial charge in [0.15, 0.2) is 0 Å². The van der Waals surface area contributed by atoms with E-state index >= 15 is 0 Å². The zero-order chi connectivity index (χ0) is 21.8. The van der Waals surface area contributed by atoms with Crippen molar-refractivity contribution in [3.05, 3.63) is 51.7 Å². The van der Waals surface area contributed by atoms with E-state index in [1.807, 2.05) is 24.3 Å². The van der Waals surface area contributed by atoms with Crippen LogP contribution in [0.2, 0.25) is 0 Å². The van der Waals surface area contributed by atoms with E-state index in [4.69, 9.17) is 5.26 Å². The molecular weight excluding hydrogens is 452 g/mol. The third-order valence-electron chi connectivity index (χ3n) is 5.56. The Morgan fingerprint density at radius 1 is 1.00 bits per heavy atom. The van der Waals surface area contributed by atoms with Gasteiger partial charge < -0.3 is 4.90 Å². The van der Waals surface area contributed by atoms with E-state index in [9.17, 15) is 13.2 Å². The molecule has 1 aromatic heterocycles. The highest BCUT2D eigenvalue weighted by atomic mass is 32.2. The topological polar surface area (TPSA) is 84.7 Å². The fourth-order valence-corrected chi connectivity index (χ4v) is 7.72. The molecule has 0 aliphatic carbocycles. The Morgan fingerprint density at radius 3 is 2.32 bits per heavy atom. The van der Waals surface area contributed by atoms with Crippen molar-refractivity contribution in [2.24, 2.45) is 0 Å². The summed E-state index contributed by atoms with van der Waals surface area (Å²) in [4.78, 5) is 17.6. The van der Waals surface area contributed by atoms with Crippen molar-refractivity contribution in [1.29, 1.82) is 5.26 Å². The van der Waals surface area contributed by atoms with Crippen molar-refractivity contribution in [2.75, 3.05) is 50.8 Å². The van der Waals surface area contributed by atoms with Crippen LogP contribution in [0.4, 0.5) is 0 Å².